The van der Waals surface area contributed by atoms with Crippen molar-refractivity contribution in [2.24, 2.45) is 5.41 Å². The third-order valence-corrected chi connectivity index (χ3v) is 6.87. The maximum absolute atomic E-state index is 7.65. The summed E-state index contributed by atoms with van der Waals surface area (Å²) in [4.78, 5) is 16.5. The number of allylic oxidation sites excluding steroid dienone is 1. The van der Waals surface area contributed by atoms with Crippen LogP contribution in [0.2, 0.25) is 0 Å². The Balaban J connectivity index is 1.45. The quantitative estimate of drug-likeness (QED) is 0.466. The standard InChI is InChI=1S/C25H29N7O/c1-27-14-19(13-26)17-4-5-20(21(12-17)33-2)30-24-29-15-18-6-10-28-23(22(18)31-24)32-11-9-25(16-32)7-3-8-25/h4-6,10,12-15,26-27H,3,7-9,11,16H2,1-2H3,(H,29,30,31)/b19-14+,26-13?. The van der Waals surface area contributed by atoms with Crippen LogP contribution in [0.1, 0.15) is 31.2 Å². The van der Waals surface area contributed by atoms with E-state index in [1.165, 1.54) is 31.9 Å². The molecule has 8 nitrogen and oxygen atoms in total. The molecule has 33 heavy (non-hydrogen) atoms. The Labute approximate surface area is 193 Å². The Kier molecular flexibility index (Phi) is 5.58. The lowest BCUT2D eigenvalue weighted by Gasteiger charge is -2.38. The molecule has 0 amide bonds. The van der Waals surface area contributed by atoms with E-state index in [-0.39, 0.29) is 0 Å². The second kappa shape index (κ2) is 8.69. The molecule has 2 aliphatic rings. The van der Waals surface area contributed by atoms with E-state index in [4.69, 9.17) is 20.1 Å². The first kappa shape index (κ1) is 21.2. The van der Waals surface area contributed by atoms with Crippen molar-refractivity contribution in [2.75, 3.05) is 37.5 Å². The summed E-state index contributed by atoms with van der Waals surface area (Å²) in [7, 11) is 3.44. The number of rotatable bonds is 7. The summed E-state index contributed by atoms with van der Waals surface area (Å²) >= 11 is 0. The SMILES string of the molecule is CN/C=C(\C=N)c1ccc(Nc2ncc3ccnc(N4CCC5(CCC5)C4)c3n2)c(OC)c1. The average molecular weight is 444 g/mol. The molecule has 1 saturated heterocycles. The lowest BCUT2D eigenvalue weighted by atomic mass is 9.68. The molecule has 8 heteroatoms. The maximum Gasteiger partial charge on any atom is 0.227 e. The van der Waals surface area contributed by atoms with Gasteiger partial charge < -0.3 is 25.7 Å². The number of hydrogen-bond donors (Lipinski definition) is 3. The zero-order chi connectivity index (χ0) is 22.8. The zero-order valence-corrected chi connectivity index (χ0v) is 19.1. The van der Waals surface area contributed by atoms with Crippen LogP contribution in [-0.2, 0) is 0 Å². The second-order valence-electron chi connectivity index (χ2n) is 8.86. The summed E-state index contributed by atoms with van der Waals surface area (Å²) in [5.74, 6) is 2.09. The lowest BCUT2D eigenvalue weighted by molar-refractivity contribution is 0.165. The minimum Gasteiger partial charge on any atom is -0.495 e. The molecule has 170 valence electrons. The monoisotopic (exact) mass is 443 g/mol. The number of ether oxygens (including phenoxy) is 1. The van der Waals surface area contributed by atoms with E-state index in [2.05, 4.69) is 20.5 Å². The molecule has 5 rings (SSSR count). The number of anilines is 3. The van der Waals surface area contributed by atoms with Crippen LogP contribution in [0.4, 0.5) is 17.5 Å². The highest BCUT2D eigenvalue weighted by Crippen LogP contribution is 2.49. The molecule has 2 fully saturated rings. The molecular formula is C25H29N7O. The van der Waals surface area contributed by atoms with E-state index in [0.717, 1.165) is 46.6 Å². The molecule has 1 aromatic carbocycles. The molecule has 0 radical (unpaired) electrons. The Morgan fingerprint density at radius 1 is 1.21 bits per heavy atom. The van der Waals surface area contributed by atoms with Crippen LogP contribution >= 0.6 is 0 Å². The first-order valence-corrected chi connectivity index (χ1v) is 11.3. The molecule has 3 N–H and O–H groups in total. The van der Waals surface area contributed by atoms with Gasteiger partial charge in [0, 0.05) is 55.9 Å². The molecule has 2 aromatic heterocycles. The minimum atomic E-state index is 0.490. The number of hydrogen-bond acceptors (Lipinski definition) is 8. The van der Waals surface area contributed by atoms with Gasteiger partial charge in [-0.1, -0.05) is 12.5 Å². The summed E-state index contributed by atoms with van der Waals surface area (Å²) < 4.78 is 5.60. The zero-order valence-electron chi connectivity index (χ0n) is 19.1. The first-order chi connectivity index (χ1) is 16.1. The minimum absolute atomic E-state index is 0.490. The van der Waals surface area contributed by atoms with Gasteiger partial charge in [0.2, 0.25) is 5.95 Å². The van der Waals surface area contributed by atoms with E-state index >= 15 is 0 Å². The molecule has 1 aliphatic carbocycles. The maximum atomic E-state index is 7.65. The predicted octanol–water partition coefficient (Wildman–Crippen LogP) is 4.37. The number of benzene rings is 1. The van der Waals surface area contributed by atoms with Crippen molar-refractivity contribution < 1.29 is 4.74 Å². The van der Waals surface area contributed by atoms with Crippen molar-refractivity contribution >= 4 is 40.1 Å². The van der Waals surface area contributed by atoms with Crippen molar-refractivity contribution in [2.45, 2.75) is 25.7 Å². The van der Waals surface area contributed by atoms with E-state index in [1.807, 2.05) is 43.7 Å². The lowest BCUT2D eigenvalue weighted by Crippen LogP contribution is -2.33. The highest BCUT2D eigenvalue weighted by Gasteiger charge is 2.43. The van der Waals surface area contributed by atoms with Gasteiger partial charge in [-0.05, 0) is 48.4 Å². The smallest absolute Gasteiger partial charge is 0.227 e. The van der Waals surface area contributed by atoms with Crippen LogP contribution in [0.3, 0.4) is 0 Å². The summed E-state index contributed by atoms with van der Waals surface area (Å²) in [5, 5.41) is 14.9. The number of methoxy groups -OCH3 is 1. The molecule has 3 heterocycles. The average Bonchev–Trinajstić information content (AvgIpc) is 3.29. The fourth-order valence-electron chi connectivity index (χ4n) is 4.89. The van der Waals surface area contributed by atoms with Crippen molar-refractivity contribution in [3.8, 4) is 5.75 Å². The van der Waals surface area contributed by atoms with Gasteiger partial charge in [0.05, 0.1) is 12.8 Å². The van der Waals surface area contributed by atoms with Crippen LogP contribution in [-0.4, -0.2) is 48.4 Å². The van der Waals surface area contributed by atoms with Crippen molar-refractivity contribution in [3.63, 3.8) is 0 Å². The third-order valence-electron chi connectivity index (χ3n) is 6.87. The van der Waals surface area contributed by atoms with Gasteiger partial charge >= 0.3 is 0 Å². The molecular weight excluding hydrogens is 414 g/mol. The van der Waals surface area contributed by atoms with Crippen LogP contribution in [0.15, 0.2) is 42.9 Å². The Bertz CT molecular complexity index is 1220. The third kappa shape index (κ3) is 3.97. The van der Waals surface area contributed by atoms with Gasteiger partial charge in [-0.3, -0.25) is 0 Å². The largest absolute Gasteiger partial charge is 0.495 e. The van der Waals surface area contributed by atoms with Gasteiger partial charge in [-0.15, -0.1) is 0 Å². The van der Waals surface area contributed by atoms with Crippen LogP contribution in [0.25, 0.3) is 16.5 Å². The molecule has 0 unspecified atom stereocenters. The number of nitrogens with one attached hydrogen (secondary N) is 3. The highest BCUT2D eigenvalue weighted by molar-refractivity contribution is 6.08. The van der Waals surface area contributed by atoms with Gasteiger partial charge in [-0.2, -0.15) is 0 Å². The molecule has 3 aromatic rings. The topological polar surface area (TPSA) is 99.0 Å². The van der Waals surface area contributed by atoms with Crippen LogP contribution < -0.4 is 20.3 Å². The molecule has 0 atom stereocenters. The van der Waals surface area contributed by atoms with E-state index < -0.39 is 0 Å². The van der Waals surface area contributed by atoms with E-state index in [1.54, 1.807) is 13.3 Å². The van der Waals surface area contributed by atoms with Gasteiger partial charge in [0.25, 0.3) is 0 Å². The molecule has 1 spiro atoms. The van der Waals surface area contributed by atoms with Gasteiger partial charge in [-0.25, -0.2) is 15.0 Å². The summed E-state index contributed by atoms with van der Waals surface area (Å²) in [6.07, 6.45) is 12.0. The number of aromatic nitrogens is 3. The highest BCUT2D eigenvalue weighted by atomic mass is 16.5. The van der Waals surface area contributed by atoms with Crippen LogP contribution in [0.5, 0.6) is 5.75 Å². The number of fused-ring (bicyclic) bond motifs is 1. The predicted molar refractivity (Wildman–Crippen MR) is 133 cm³/mol. The summed E-state index contributed by atoms with van der Waals surface area (Å²) in [6, 6.07) is 7.71. The van der Waals surface area contributed by atoms with Crippen molar-refractivity contribution in [1.29, 1.82) is 5.41 Å². The normalized spacial score (nSPS) is 17.2. The second-order valence-corrected chi connectivity index (χ2v) is 8.86. The molecule has 0 bridgehead atoms. The fraction of sp³-hybridized carbons (Fsp3) is 0.360. The molecule has 1 aliphatic heterocycles. The fourth-order valence-corrected chi connectivity index (χ4v) is 4.89. The summed E-state index contributed by atoms with van der Waals surface area (Å²) in [6.45, 7) is 2.10. The van der Waals surface area contributed by atoms with Gasteiger partial charge in [0.1, 0.15) is 11.3 Å². The first-order valence-electron chi connectivity index (χ1n) is 11.3. The van der Waals surface area contributed by atoms with Crippen molar-refractivity contribution in [1.82, 2.24) is 20.3 Å². The van der Waals surface area contributed by atoms with E-state index in [0.29, 0.717) is 17.1 Å². The Morgan fingerprint density at radius 3 is 2.79 bits per heavy atom. The Hall–Kier alpha value is -3.68. The van der Waals surface area contributed by atoms with Gasteiger partial charge in [0.15, 0.2) is 5.82 Å². The number of nitrogens with zero attached hydrogens (tertiary/aromatic N) is 4. The van der Waals surface area contributed by atoms with Crippen LogP contribution in [0, 0.1) is 10.8 Å². The summed E-state index contributed by atoms with van der Waals surface area (Å²) in [5.41, 5.74) is 3.75. The molecule has 1 saturated carbocycles. The van der Waals surface area contributed by atoms with Crippen molar-refractivity contribution in [3.05, 3.63) is 48.4 Å². The Morgan fingerprint density at radius 2 is 2.09 bits per heavy atom. The number of pyridine rings is 1. The van der Waals surface area contributed by atoms with E-state index in [9.17, 15) is 0 Å².